The first kappa shape index (κ1) is 13.8. The highest BCUT2D eigenvalue weighted by atomic mass is 32.2. The fourth-order valence-electron chi connectivity index (χ4n) is 0.413. The number of rotatable bonds is 5. The Morgan fingerprint density at radius 3 is 2.07 bits per heavy atom. The van der Waals surface area contributed by atoms with Crippen LogP contribution < -0.4 is 5.48 Å². The molecule has 0 aliphatic heterocycles. The minimum atomic E-state index is -4.48. The van der Waals surface area contributed by atoms with E-state index in [4.69, 9.17) is 0 Å². The lowest BCUT2D eigenvalue weighted by Crippen LogP contribution is -2.26. The van der Waals surface area contributed by atoms with Crippen molar-refractivity contribution in [3.05, 3.63) is 0 Å². The number of thioether (sulfide) groups is 1. The predicted molar refractivity (Wildman–Crippen MR) is 38.5 cm³/mol. The molecular formula is C5H7F6NOS. The highest BCUT2D eigenvalue weighted by molar-refractivity contribution is 8.00. The zero-order valence-corrected chi connectivity index (χ0v) is 7.52. The summed E-state index contributed by atoms with van der Waals surface area (Å²) in [7, 11) is 0. The third-order valence-corrected chi connectivity index (χ3v) is 1.54. The van der Waals surface area contributed by atoms with Gasteiger partial charge < -0.3 is 0 Å². The van der Waals surface area contributed by atoms with Gasteiger partial charge in [0.2, 0.25) is 0 Å². The van der Waals surface area contributed by atoms with Gasteiger partial charge >= 0.3 is 11.7 Å². The van der Waals surface area contributed by atoms with Crippen LogP contribution in [-0.4, -0.2) is 30.6 Å². The molecule has 0 aromatic carbocycles. The Kier molecular flexibility index (Phi) is 5.60. The second-order valence-electron chi connectivity index (χ2n) is 2.09. The maximum Gasteiger partial charge on any atom is 0.441 e. The van der Waals surface area contributed by atoms with E-state index < -0.39 is 24.0 Å². The van der Waals surface area contributed by atoms with Gasteiger partial charge in [-0.15, -0.1) is 0 Å². The summed E-state index contributed by atoms with van der Waals surface area (Å²) < 4.78 is 68.6. The minimum absolute atomic E-state index is 0.305. The molecule has 0 radical (unpaired) electrons. The highest BCUT2D eigenvalue weighted by Crippen LogP contribution is 2.29. The van der Waals surface area contributed by atoms with Crippen molar-refractivity contribution in [2.45, 2.75) is 11.7 Å². The van der Waals surface area contributed by atoms with Crippen molar-refractivity contribution in [1.82, 2.24) is 5.48 Å². The van der Waals surface area contributed by atoms with Crippen molar-refractivity contribution < 1.29 is 31.2 Å². The molecule has 0 saturated carbocycles. The van der Waals surface area contributed by atoms with E-state index in [0.29, 0.717) is 0 Å². The summed E-state index contributed by atoms with van der Waals surface area (Å²) in [6.45, 7) is -1.83. The first-order valence-electron chi connectivity index (χ1n) is 3.33. The summed E-state index contributed by atoms with van der Waals surface area (Å²) in [5.41, 5.74) is -2.60. The zero-order chi connectivity index (χ0) is 11.2. The average Bonchev–Trinajstić information content (AvgIpc) is 1.92. The lowest BCUT2D eigenvalue weighted by atomic mass is 10.7. The van der Waals surface area contributed by atoms with Crippen LogP contribution >= 0.6 is 11.8 Å². The molecule has 86 valence electrons. The number of hydrogen-bond acceptors (Lipinski definition) is 3. The van der Waals surface area contributed by atoms with Gasteiger partial charge in [-0.2, -0.15) is 26.3 Å². The Morgan fingerprint density at radius 2 is 1.64 bits per heavy atom. The number of hydrogen-bond donors (Lipinski definition) is 1. The normalized spacial score (nSPS) is 13.3. The Bertz CT molecular complexity index is 139. The van der Waals surface area contributed by atoms with E-state index in [9.17, 15) is 26.3 Å². The summed E-state index contributed by atoms with van der Waals surface area (Å²) in [5, 5.41) is 0. The van der Waals surface area contributed by atoms with Gasteiger partial charge in [0.05, 0.1) is 0 Å². The topological polar surface area (TPSA) is 21.3 Å². The quantitative estimate of drug-likeness (QED) is 0.455. The first-order chi connectivity index (χ1) is 6.21. The van der Waals surface area contributed by atoms with Gasteiger partial charge in [0.15, 0.2) is 6.61 Å². The van der Waals surface area contributed by atoms with Gasteiger partial charge in [0.25, 0.3) is 0 Å². The lowest BCUT2D eigenvalue weighted by molar-refractivity contribution is -0.188. The summed E-state index contributed by atoms with van der Waals surface area (Å²) in [6, 6.07) is 0. The van der Waals surface area contributed by atoms with E-state index in [1.54, 1.807) is 5.48 Å². The van der Waals surface area contributed by atoms with Crippen LogP contribution in [0.25, 0.3) is 0 Å². The average molecular weight is 243 g/mol. The molecule has 0 saturated heterocycles. The molecule has 0 rings (SSSR count). The van der Waals surface area contributed by atoms with Gasteiger partial charge in [0, 0.05) is 12.3 Å². The number of alkyl halides is 6. The van der Waals surface area contributed by atoms with Gasteiger partial charge in [-0.3, -0.25) is 4.84 Å². The van der Waals surface area contributed by atoms with Crippen LogP contribution in [0.5, 0.6) is 0 Å². The van der Waals surface area contributed by atoms with Gasteiger partial charge in [0.1, 0.15) is 0 Å². The maximum atomic E-state index is 11.5. The Morgan fingerprint density at radius 1 is 1.07 bits per heavy atom. The van der Waals surface area contributed by atoms with E-state index in [-0.39, 0.29) is 18.3 Å². The minimum Gasteiger partial charge on any atom is -0.292 e. The summed E-state index contributed by atoms with van der Waals surface area (Å²) in [6.07, 6.45) is -4.48. The third kappa shape index (κ3) is 11.8. The molecule has 0 aromatic rings. The van der Waals surface area contributed by atoms with Gasteiger partial charge in [-0.05, 0) is 11.8 Å². The molecule has 2 nitrogen and oxygen atoms in total. The molecule has 0 spiro atoms. The molecule has 0 atom stereocenters. The first-order valence-corrected chi connectivity index (χ1v) is 4.31. The fourth-order valence-corrected chi connectivity index (χ4v) is 0.830. The molecule has 0 fully saturated rings. The molecule has 0 amide bonds. The molecule has 0 unspecified atom stereocenters. The molecule has 9 heteroatoms. The van der Waals surface area contributed by atoms with Crippen LogP contribution in [0.3, 0.4) is 0 Å². The maximum absolute atomic E-state index is 11.5. The van der Waals surface area contributed by atoms with E-state index >= 15 is 0 Å². The third-order valence-electron chi connectivity index (χ3n) is 0.808. The molecule has 0 bridgehead atoms. The van der Waals surface area contributed by atoms with Crippen LogP contribution in [0, 0.1) is 0 Å². The Hall–Kier alpha value is -0.150. The van der Waals surface area contributed by atoms with Crippen molar-refractivity contribution in [1.29, 1.82) is 0 Å². The monoisotopic (exact) mass is 243 g/mol. The van der Waals surface area contributed by atoms with Gasteiger partial charge in [-0.1, -0.05) is 0 Å². The highest BCUT2D eigenvalue weighted by Gasteiger charge is 2.28. The van der Waals surface area contributed by atoms with Crippen LogP contribution in [0.2, 0.25) is 0 Å². The lowest BCUT2D eigenvalue weighted by Gasteiger charge is -2.08. The van der Waals surface area contributed by atoms with Crippen LogP contribution in [0.4, 0.5) is 26.3 Å². The zero-order valence-electron chi connectivity index (χ0n) is 6.71. The van der Waals surface area contributed by atoms with Crippen molar-refractivity contribution >= 4 is 11.8 Å². The standard InChI is InChI=1S/C5H7F6NOS/c6-4(7,8)3-13-12-1-2-14-5(9,10)11/h12H,1-3H2. The predicted octanol–water partition coefficient (Wildman–Crippen LogP) is 2.32. The van der Waals surface area contributed by atoms with Crippen LogP contribution in [0.1, 0.15) is 0 Å². The van der Waals surface area contributed by atoms with Crippen molar-refractivity contribution in [3.63, 3.8) is 0 Å². The molecular weight excluding hydrogens is 236 g/mol. The molecule has 14 heavy (non-hydrogen) atoms. The summed E-state index contributed by atoms with van der Waals surface area (Å²) in [4.78, 5) is 3.86. The van der Waals surface area contributed by atoms with Crippen molar-refractivity contribution in [2.75, 3.05) is 18.9 Å². The van der Waals surface area contributed by atoms with Crippen LogP contribution in [0.15, 0.2) is 0 Å². The molecule has 0 aliphatic rings. The van der Waals surface area contributed by atoms with E-state index in [1.807, 2.05) is 0 Å². The summed E-state index contributed by atoms with van der Waals surface area (Å²) >= 11 is -0.332. The second kappa shape index (κ2) is 5.66. The smallest absolute Gasteiger partial charge is 0.292 e. The SMILES string of the molecule is FC(F)(F)CONCCSC(F)(F)F. The van der Waals surface area contributed by atoms with Gasteiger partial charge in [-0.25, -0.2) is 5.48 Å². The van der Waals surface area contributed by atoms with E-state index in [2.05, 4.69) is 4.84 Å². The second-order valence-corrected chi connectivity index (χ2v) is 3.25. The number of hydroxylamine groups is 1. The van der Waals surface area contributed by atoms with Crippen molar-refractivity contribution in [3.8, 4) is 0 Å². The molecule has 0 aliphatic carbocycles. The fraction of sp³-hybridized carbons (Fsp3) is 1.00. The van der Waals surface area contributed by atoms with Crippen LogP contribution in [-0.2, 0) is 4.84 Å². The molecule has 1 N–H and O–H groups in total. The van der Waals surface area contributed by atoms with Crippen molar-refractivity contribution in [2.24, 2.45) is 0 Å². The molecule has 0 heterocycles. The number of nitrogens with one attached hydrogen (secondary N) is 1. The van der Waals surface area contributed by atoms with E-state index in [0.717, 1.165) is 0 Å². The largest absolute Gasteiger partial charge is 0.441 e. The number of halogens is 6. The van der Waals surface area contributed by atoms with E-state index in [1.165, 1.54) is 0 Å². The Labute approximate surface area is 79.9 Å². The Balaban J connectivity index is 3.23. The summed E-state index contributed by atoms with van der Waals surface area (Å²) in [5.74, 6) is -0.401. The molecule has 0 aromatic heterocycles.